The van der Waals surface area contributed by atoms with Gasteiger partial charge in [-0.3, -0.25) is 4.79 Å². The van der Waals surface area contributed by atoms with Gasteiger partial charge >= 0.3 is 0 Å². The molecule has 1 atom stereocenters. The Bertz CT molecular complexity index is 685. The number of nitrogens with one attached hydrogen (secondary N) is 1. The van der Waals surface area contributed by atoms with Crippen LogP contribution in [0.4, 0.5) is 5.69 Å². The van der Waals surface area contributed by atoms with Crippen LogP contribution in [0, 0.1) is 6.92 Å². The average molecular weight is 327 g/mol. The van der Waals surface area contributed by atoms with E-state index >= 15 is 0 Å². The number of benzene rings is 2. The summed E-state index contributed by atoms with van der Waals surface area (Å²) in [4.78, 5) is 13.4. The lowest BCUT2D eigenvalue weighted by Gasteiger charge is -2.16. The predicted molar refractivity (Wildman–Crippen MR) is 97.3 cm³/mol. The lowest BCUT2D eigenvalue weighted by atomic mass is 10.2. The third-order valence-electron chi connectivity index (χ3n) is 3.17. The third kappa shape index (κ3) is 5.18. The molecule has 2 aromatic carbocycles. The van der Waals surface area contributed by atoms with Gasteiger partial charge in [0.25, 0.3) is 5.91 Å². The minimum Gasteiger partial charge on any atom is -0.481 e. The van der Waals surface area contributed by atoms with E-state index in [9.17, 15) is 4.79 Å². The van der Waals surface area contributed by atoms with Crippen molar-refractivity contribution >= 4 is 23.4 Å². The molecule has 120 valence electrons. The van der Waals surface area contributed by atoms with Crippen molar-refractivity contribution < 1.29 is 9.53 Å². The van der Waals surface area contributed by atoms with Gasteiger partial charge in [0.05, 0.1) is 5.69 Å². The van der Waals surface area contributed by atoms with Gasteiger partial charge in [0.1, 0.15) is 5.75 Å². The standard InChI is InChI=1S/C19H21NO2S/c1-4-12-23-18-11-6-5-10-17(18)20-19(21)15(3)22-16-9-7-8-14(2)13-16/h4-11,13,15H,1,12H2,2-3H3,(H,20,21)/t15-/m0/s1. The number of carbonyl (C=O) groups is 1. The Morgan fingerprint density at radius 2 is 2.09 bits per heavy atom. The highest BCUT2D eigenvalue weighted by atomic mass is 32.2. The number of anilines is 1. The molecule has 1 N–H and O–H groups in total. The van der Waals surface area contributed by atoms with Crippen LogP contribution in [-0.4, -0.2) is 17.8 Å². The molecule has 4 heteroatoms. The van der Waals surface area contributed by atoms with E-state index in [1.807, 2.05) is 61.5 Å². The van der Waals surface area contributed by atoms with Gasteiger partial charge < -0.3 is 10.1 Å². The Kier molecular flexibility index (Phi) is 6.29. The van der Waals surface area contributed by atoms with Crippen molar-refractivity contribution in [2.24, 2.45) is 0 Å². The summed E-state index contributed by atoms with van der Waals surface area (Å²) in [6.07, 6.45) is 1.27. The smallest absolute Gasteiger partial charge is 0.265 e. The van der Waals surface area contributed by atoms with Crippen LogP contribution < -0.4 is 10.1 Å². The van der Waals surface area contributed by atoms with Gasteiger partial charge in [-0.25, -0.2) is 0 Å². The molecule has 0 aromatic heterocycles. The van der Waals surface area contributed by atoms with E-state index in [1.54, 1.807) is 18.7 Å². The highest BCUT2D eigenvalue weighted by molar-refractivity contribution is 7.99. The predicted octanol–water partition coefficient (Wildman–Crippen LogP) is 4.68. The maximum absolute atomic E-state index is 12.4. The largest absolute Gasteiger partial charge is 0.481 e. The first-order chi connectivity index (χ1) is 11.1. The second-order valence-corrected chi connectivity index (χ2v) is 6.22. The molecule has 0 aliphatic rings. The number of aryl methyl sites for hydroxylation is 1. The van der Waals surface area contributed by atoms with Crippen LogP contribution in [-0.2, 0) is 4.79 Å². The van der Waals surface area contributed by atoms with Crippen molar-refractivity contribution in [1.29, 1.82) is 0 Å². The van der Waals surface area contributed by atoms with Crippen LogP contribution in [0.25, 0.3) is 0 Å². The molecule has 0 bridgehead atoms. The molecule has 3 nitrogen and oxygen atoms in total. The number of para-hydroxylation sites is 1. The Labute approximate surface area is 141 Å². The number of rotatable bonds is 7. The molecule has 0 fully saturated rings. The molecule has 0 saturated heterocycles. The number of ether oxygens (including phenoxy) is 1. The topological polar surface area (TPSA) is 38.3 Å². The highest BCUT2D eigenvalue weighted by Gasteiger charge is 2.16. The van der Waals surface area contributed by atoms with E-state index in [1.165, 1.54) is 0 Å². The quantitative estimate of drug-likeness (QED) is 0.593. The van der Waals surface area contributed by atoms with Crippen LogP contribution in [0.1, 0.15) is 12.5 Å². The van der Waals surface area contributed by atoms with Gasteiger partial charge in [-0.15, -0.1) is 18.3 Å². The summed E-state index contributed by atoms with van der Waals surface area (Å²) in [6, 6.07) is 15.4. The Morgan fingerprint density at radius 3 is 2.83 bits per heavy atom. The van der Waals surface area contributed by atoms with Crippen LogP contribution in [0.2, 0.25) is 0 Å². The molecular formula is C19H21NO2S. The van der Waals surface area contributed by atoms with Crippen molar-refractivity contribution in [1.82, 2.24) is 0 Å². The summed E-state index contributed by atoms with van der Waals surface area (Å²) in [7, 11) is 0. The molecular weight excluding hydrogens is 306 g/mol. The number of carbonyl (C=O) groups excluding carboxylic acids is 1. The average Bonchev–Trinajstić information content (AvgIpc) is 2.54. The van der Waals surface area contributed by atoms with Crippen molar-refractivity contribution in [2.75, 3.05) is 11.1 Å². The number of hydrogen-bond donors (Lipinski definition) is 1. The zero-order valence-electron chi connectivity index (χ0n) is 13.4. The van der Waals surface area contributed by atoms with E-state index in [4.69, 9.17) is 4.74 Å². The molecule has 0 aliphatic carbocycles. The SMILES string of the molecule is C=CCSc1ccccc1NC(=O)[C@H](C)Oc1cccc(C)c1. The monoisotopic (exact) mass is 327 g/mol. The first-order valence-corrected chi connectivity index (χ1v) is 8.45. The lowest BCUT2D eigenvalue weighted by Crippen LogP contribution is -2.30. The lowest BCUT2D eigenvalue weighted by molar-refractivity contribution is -0.122. The van der Waals surface area contributed by atoms with Crippen molar-refractivity contribution in [2.45, 2.75) is 24.8 Å². The molecule has 0 unspecified atom stereocenters. The fourth-order valence-electron chi connectivity index (χ4n) is 2.03. The van der Waals surface area contributed by atoms with Crippen molar-refractivity contribution in [3.8, 4) is 5.75 Å². The van der Waals surface area contributed by atoms with Crippen LogP contribution in [0.15, 0.2) is 66.1 Å². The second-order valence-electron chi connectivity index (χ2n) is 5.16. The van der Waals surface area contributed by atoms with Crippen LogP contribution >= 0.6 is 11.8 Å². The molecule has 0 radical (unpaired) electrons. The molecule has 2 rings (SSSR count). The molecule has 0 aliphatic heterocycles. The maximum Gasteiger partial charge on any atom is 0.265 e. The third-order valence-corrected chi connectivity index (χ3v) is 4.24. The summed E-state index contributed by atoms with van der Waals surface area (Å²) in [5.41, 5.74) is 1.89. The van der Waals surface area contributed by atoms with E-state index in [0.29, 0.717) is 5.75 Å². The Balaban J connectivity index is 2.02. The van der Waals surface area contributed by atoms with Gasteiger partial charge in [-0.05, 0) is 43.7 Å². The molecule has 0 heterocycles. The van der Waals surface area contributed by atoms with Crippen LogP contribution in [0.3, 0.4) is 0 Å². The number of hydrogen-bond acceptors (Lipinski definition) is 3. The zero-order valence-corrected chi connectivity index (χ0v) is 14.2. The van der Waals surface area contributed by atoms with Gasteiger partial charge in [-0.2, -0.15) is 0 Å². The minimum absolute atomic E-state index is 0.168. The highest BCUT2D eigenvalue weighted by Crippen LogP contribution is 2.27. The molecule has 23 heavy (non-hydrogen) atoms. The van der Waals surface area contributed by atoms with E-state index in [0.717, 1.165) is 21.9 Å². The second kappa shape index (κ2) is 8.44. The van der Waals surface area contributed by atoms with Gasteiger partial charge in [0.15, 0.2) is 6.10 Å². The van der Waals surface area contributed by atoms with Gasteiger partial charge in [0.2, 0.25) is 0 Å². The first-order valence-electron chi connectivity index (χ1n) is 7.47. The van der Waals surface area contributed by atoms with Crippen molar-refractivity contribution in [3.63, 3.8) is 0 Å². The zero-order chi connectivity index (χ0) is 16.7. The fourth-order valence-corrected chi connectivity index (χ4v) is 2.77. The molecule has 0 spiro atoms. The first kappa shape index (κ1) is 17.2. The summed E-state index contributed by atoms with van der Waals surface area (Å²) in [6.45, 7) is 7.46. The minimum atomic E-state index is -0.575. The van der Waals surface area contributed by atoms with Gasteiger partial charge in [0, 0.05) is 10.6 Å². The normalized spacial score (nSPS) is 11.6. The maximum atomic E-state index is 12.4. The Morgan fingerprint density at radius 1 is 1.30 bits per heavy atom. The summed E-state index contributed by atoms with van der Waals surface area (Å²) in [5, 5.41) is 2.93. The van der Waals surface area contributed by atoms with Crippen LogP contribution in [0.5, 0.6) is 5.75 Å². The molecule has 0 saturated carbocycles. The van der Waals surface area contributed by atoms with Crippen molar-refractivity contribution in [3.05, 3.63) is 66.7 Å². The number of thioether (sulfide) groups is 1. The summed E-state index contributed by atoms with van der Waals surface area (Å²) >= 11 is 1.63. The fraction of sp³-hybridized carbons (Fsp3) is 0.211. The molecule has 2 aromatic rings. The van der Waals surface area contributed by atoms with Gasteiger partial charge in [-0.1, -0.05) is 30.3 Å². The van der Waals surface area contributed by atoms with E-state index in [2.05, 4.69) is 11.9 Å². The van der Waals surface area contributed by atoms with E-state index in [-0.39, 0.29) is 5.91 Å². The van der Waals surface area contributed by atoms with E-state index < -0.39 is 6.10 Å². The Hall–Kier alpha value is -2.20. The number of amides is 1. The molecule has 1 amide bonds. The summed E-state index contributed by atoms with van der Waals surface area (Å²) in [5.74, 6) is 1.32. The summed E-state index contributed by atoms with van der Waals surface area (Å²) < 4.78 is 5.72.